The lowest BCUT2D eigenvalue weighted by atomic mass is 10.1. The third-order valence-corrected chi connectivity index (χ3v) is 2.21. The third-order valence-electron chi connectivity index (χ3n) is 2.21. The van der Waals surface area contributed by atoms with Crippen molar-refractivity contribution >= 4 is 5.91 Å². The number of carbonyl (C=O) groups excluding carboxylic acids is 1. The fourth-order valence-corrected chi connectivity index (χ4v) is 1.66. The van der Waals surface area contributed by atoms with E-state index in [9.17, 15) is 4.79 Å². The molecule has 1 fully saturated rings. The SMILES string of the molecule is CC(=O)N[C@H]1CC[C@@H](CO)C1. The average molecular weight is 157 g/mol. The summed E-state index contributed by atoms with van der Waals surface area (Å²) in [6, 6.07) is 0.310. The van der Waals surface area contributed by atoms with Crippen LogP contribution in [0.15, 0.2) is 0 Å². The van der Waals surface area contributed by atoms with Crippen molar-refractivity contribution in [2.75, 3.05) is 6.61 Å². The monoisotopic (exact) mass is 157 g/mol. The number of aliphatic hydroxyl groups is 1. The van der Waals surface area contributed by atoms with E-state index >= 15 is 0 Å². The summed E-state index contributed by atoms with van der Waals surface area (Å²) in [5.74, 6) is 0.445. The molecule has 0 saturated heterocycles. The molecule has 64 valence electrons. The lowest BCUT2D eigenvalue weighted by Gasteiger charge is -2.09. The Balaban J connectivity index is 2.24. The summed E-state index contributed by atoms with van der Waals surface area (Å²) in [5, 5.41) is 11.7. The molecular weight excluding hydrogens is 142 g/mol. The fraction of sp³-hybridized carbons (Fsp3) is 0.875. The molecule has 1 saturated carbocycles. The van der Waals surface area contributed by atoms with E-state index in [4.69, 9.17) is 5.11 Å². The predicted octanol–water partition coefficient (Wildman–Crippen LogP) is 0.283. The molecule has 0 aromatic heterocycles. The first-order valence-corrected chi connectivity index (χ1v) is 4.10. The zero-order valence-electron chi connectivity index (χ0n) is 6.84. The Morgan fingerprint density at radius 1 is 1.64 bits per heavy atom. The second-order valence-corrected chi connectivity index (χ2v) is 3.26. The molecule has 0 aliphatic heterocycles. The molecule has 3 heteroatoms. The van der Waals surface area contributed by atoms with Gasteiger partial charge in [0.05, 0.1) is 0 Å². The highest BCUT2D eigenvalue weighted by molar-refractivity contribution is 5.73. The van der Waals surface area contributed by atoms with Crippen LogP contribution >= 0.6 is 0 Å². The van der Waals surface area contributed by atoms with Gasteiger partial charge in [-0.3, -0.25) is 4.79 Å². The van der Waals surface area contributed by atoms with Crippen LogP contribution in [0.2, 0.25) is 0 Å². The van der Waals surface area contributed by atoms with Gasteiger partial charge >= 0.3 is 0 Å². The lowest BCUT2D eigenvalue weighted by molar-refractivity contribution is -0.119. The number of aliphatic hydroxyl groups excluding tert-OH is 1. The molecule has 0 aromatic rings. The number of amides is 1. The fourth-order valence-electron chi connectivity index (χ4n) is 1.66. The molecule has 1 aliphatic carbocycles. The van der Waals surface area contributed by atoms with Crippen molar-refractivity contribution in [1.82, 2.24) is 5.32 Å². The van der Waals surface area contributed by atoms with Crippen LogP contribution in [0.1, 0.15) is 26.2 Å². The maximum atomic E-state index is 10.6. The Labute approximate surface area is 66.8 Å². The first-order chi connectivity index (χ1) is 5.22. The van der Waals surface area contributed by atoms with E-state index < -0.39 is 0 Å². The van der Waals surface area contributed by atoms with Crippen LogP contribution in [0.5, 0.6) is 0 Å². The van der Waals surface area contributed by atoms with Gasteiger partial charge < -0.3 is 10.4 Å². The summed E-state index contributed by atoms with van der Waals surface area (Å²) in [6.07, 6.45) is 3.00. The Morgan fingerprint density at radius 2 is 2.36 bits per heavy atom. The highest BCUT2D eigenvalue weighted by Crippen LogP contribution is 2.24. The highest BCUT2D eigenvalue weighted by Gasteiger charge is 2.23. The van der Waals surface area contributed by atoms with Gasteiger partial charge in [-0.15, -0.1) is 0 Å². The molecule has 0 bridgehead atoms. The zero-order valence-corrected chi connectivity index (χ0v) is 6.84. The van der Waals surface area contributed by atoms with E-state index in [0.717, 1.165) is 19.3 Å². The standard InChI is InChI=1S/C8H15NO2/c1-6(11)9-8-3-2-7(4-8)5-10/h7-8,10H,2-5H2,1H3,(H,9,11)/t7-,8+/m1/s1. The van der Waals surface area contributed by atoms with Crippen molar-refractivity contribution in [2.24, 2.45) is 5.92 Å². The van der Waals surface area contributed by atoms with E-state index in [1.807, 2.05) is 0 Å². The summed E-state index contributed by atoms with van der Waals surface area (Å²) in [5.41, 5.74) is 0. The minimum absolute atomic E-state index is 0.0357. The van der Waals surface area contributed by atoms with Crippen LogP contribution in [-0.4, -0.2) is 23.7 Å². The molecule has 0 radical (unpaired) electrons. The van der Waals surface area contributed by atoms with Crippen molar-refractivity contribution in [3.63, 3.8) is 0 Å². The zero-order chi connectivity index (χ0) is 8.27. The predicted molar refractivity (Wildman–Crippen MR) is 42.0 cm³/mol. The van der Waals surface area contributed by atoms with Gasteiger partial charge in [0, 0.05) is 19.6 Å². The molecule has 1 aliphatic rings. The van der Waals surface area contributed by atoms with Crippen LogP contribution < -0.4 is 5.32 Å². The molecule has 11 heavy (non-hydrogen) atoms. The van der Waals surface area contributed by atoms with Crippen LogP contribution in [0.25, 0.3) is 0 Å². The summed E-state index contributed by atoms with van der Waals surface area (Å²) >= 11 is 0. The van der Waals surface area contributed by atoms with Gasteiger partial charge in [0.15, 0.2) is 0 Å². The van der Waals surface area contributed by atoms with E-state index in [2.05, 4.69) is 5.32 Å². The molecule has 1 rings (SSSR count). The van der Waals surface area contributed by atoms with Crippen molar-refractivity contribution in [3.8, 4) is 0 Å². The normalized spacial score (nSPS) is 30.4. The van der Waals surface area contributed by atoms with Crippen molar-refractivity contribution in [2.45, 2.75) is 32.2 Å². The number of rotatable bonds is 2. The first-order valence-electron chi connectivity index (χ1n) is 4.10. The van der Waals surface area contributed by atoms with Gasteiger partial charge in [-0.1, -0.05) is 0 Å². The summed E-state index contributed by atoms with van der Waals surface area (Å²) in [7, 11) is 0. The molecular formula is C8H15NO2. The van der Waals surface area contributed by atoms with E-state index in [1.165, 1.54) is 6.92 Å². The maximum Gasteiger partial charge on any atom is 0.217 e. The Morgan fingerprint density at radius 3 is 2.82 bits per heavy atom. The topological polar surface area (TPSA) is 49.3 Å². The molecule has 0 spiro atoms. The molecule has 2 atom stereocenters. The van der Waals surface area contributed by atoms with Crippen molar-refractivity contribution in [1.29, 1.82) is 0 Å². The summed E-state index contributed by atoms with van der Waals surface area (Å²) in [4.78, 5) is 10.6. The smallest absolute Gasteiger partial charge is 0.217 e. The molecule has 0 heterocycles. The third kappa shape index (κ3) is 2.50. The second kappa shape index (κ2) is 3.72. The molecule has 0 unspecified atom stereocenters. The van der Waals surface area contributed by atoms with Gasteiger partial charge in [-0.2, -0.15) is 0 Å². The number of carbonyl (C=O) groups is 1. The maximum absolute atomic E-state index is 10.6. The number of hydrogen-bond donors (Lipinski definition) is 2. The van der Waals surface area contributed by atoms with Gasteiger partial charge in [-0.05, 0) is 25.2 Å². The molecule has 1 amide bonds. The van der Waals surface area contributed by atoms with Crippen LogP contribution in [-0.2, 0) is 4.79 Å². The van der Waals surface area contributed by atoms with E-state index in [1.54, 1.807) is 0 Å². The van der Waals surface area contributed by atoms with E-state index in [0.29, 0.717) is 12.0 Å². The van der Waals surface area contributed by atoms with Crippen molar-refractivity contribution < 1.29 is 9.90 Å². The van der Waals surface area contributed by atoms with Crippen LogP contribution in [0, 0.1) is 5.92 Å². The Hall–Kier alpha value is -0.570. The van der Waals surface area contributed by atoms with Gasteiger partial charge in [0.2, 0.25) is 5.91 Å². The van der Waals surface area contributed by atoms with Gasteiger partial charge in [0.1, 0.15) is 0 Å². The number of nitrogens with one attached hydrogen (secondary N) is 1. The van der Waals surface area contributed by atoms with Gasteiger partial charge in [-0.25, -0.2) is 0 Å². The Kier molecular flexibility index (Phi) is 2.88. The summed E-state index contributed by atoms with van der Waals surface area (Å²) in [6.45, 7) is 1.79. The average Bonchev–Trinajstić information content (AvgIpc) is 2.34. The first kappa shape index (κ1) is 8.53. The minimum Gasteiger partial charge on any atom is -0.396 e. The number of hydrogen-bond acceptors (Lipinski definition) is 2. The second-order valence-electron chi connectivity index (χ2n) is 3.26. The Bertz CT molecular complexity index is 147. The highest BCUT2D eigenvalue weighted by atomic mass is 16.3. The van der Waals surface area contributed by atoms with Crippen LogP contribution in [0.4, 0.5) is 0 Å². The van der Waals surface area contributed by atoms with E-state index in [-0.39, 0.29) is 12.5 Å². The largest absolute Gasteiger partial charge is 0.396 e. The molecule has 0 aromatic carbocycles. The minimum atomic E-state index is 0.0357. The molecule has 3 nitrogen and oxygen atoms in total. The van der Waals surface area contributed by atoms with Gasteiger partial charge in [0.25, 0.3) is 0 Å². The summed E-state index contributed by atoms with van der Waals surface area (Å²) < 4.78 is 0. The lowest BCUT2D eigenvalue weighted by Crippen LogP contribution is -2.30. The van der Waals surface area contributed by atoms with Crippen LogP contribution in [0.3, 0.4) is 0 Å². The van der Waals surface area contributed by atoms with Crippen molar-refractivity contribution in [3.05, 3.63) is 0 Å². The quantitative estimate of drug-likeness (QED) is 0.605. The molecule has 2 N–H and O–H groups in total.